The maximum atomic E-state index is 13.0. The van der Waals surface area contributed by atoms with Crippen LogP contribution in [0.3, 0.4) is 0 Å². The third-order valence-electron chi connectivity index (χ3n) is 5.18. The van der Waals surface area contributed by atoms with E-state index in [-0.39, 0.29) is 38.5 Å². The van der Waals surface area contributed by atoms with Crippen LogP contribution in [0.25, 0.3) is 11.0 Å². The molecule has 2 amide bonds. The third kappa shape index (κ3) is 4.98. The topological polar surface area (TPSA) is 108 Å². The number of benzene rings is 2. The second-order valence-corrected chi connectivity index (χ2v) is 7.97. The number of halogens is 1. The molecular weight excluding hydrogens is 422 g/mol. The van der Waals surface area contributed by atoms with E-state index < -0.39 is 11.5 Å². The van der Waals surface area contributed by atoms with E-state index in [1.165, 1.54) is 0 Å². The summed E-state index contributed by atoms with van der Waals surface area (Å²) in [5, 5.41) is 5.43. The van der Waals surface area contributed by atoms with Crippen molar-refractivity contribution in [3.63, 3.8) is 0 Å². The van der Waals surface area contributed by atoms with E-state index in [0.29, 0.717) is 28.6 Å². The smallest absolute Gasteiger partial charge is 0.228 e. The van der Waals surface area contributed by atoms with Gasteiger partial charge in [0.1, 0.15) is 23.7 Å². The van der Waals surface area contributed by atoms with Gasteiger partial charge >= 0.3 is 0 Å². The van der Waals surface area contributed by atoms with Crippen molar-refractivity contribution >= 4 is 34.4 Å². The van der Waals surface area contributed by atoms with Gasteiger partial charge in [-0.25, -0.2) is 0 Å². The quantitative estimate of drug-likeness (QED) is 0.601. The van der Waals surface area contributed by atoms with E-state index in [9.17, 15) is 9.59 Å². The Balaban J connectivity index is 1.47. The van der Waals surface area contributed by atoms with Crippen molar-refractivity contribution < 1.29 is 23.6 Å². The van der Waals surface area contributed by atoms with E-state index in [2.05, 4.69) is 5.16 Å². The first-order valence-electron chi connectivity index (χ1n) is 9.86. The molecule has 1 atom stereocenters. The van der Waals surface area contributed by atoms with Crippen LogP contribution in [0.4, 0.5) is 0 Å². The zero-order valence-corrected chi connectivity index (χ0v) is 17.5. The lowest BCUT2D eigenvalue weighted by Crippen LogP contribution is -2.58. The molecule has 162 valence electrons. The average Bonchev–Trinajstić information content (AvgIpc) is 3.16. The number of ether oxygens (including phenoxy) is 2. The van der Waals surface area contributed by atoms with Gasteiger partial charge < -0.3 is 24.6 Å². The highest BCUT2D eigenvalue weighted by atomic mass is 35.5. The predicted molar refractivity (Wildman–Crippen MR) is 114 cm³/mol. The fourth-order valence-electron chi connectivity index (χ4n) is 3.69. The number of para-hydroxylation sites is 1. The Morgan fingerprint density at radius 2 is 1.97 bits per heavy atom. The Morgan fingerprint density at radius 1 is 1.19 bits per heavy atom. The fraction of sp³-hybridized carbons (Fsp3) is 0.318. The minimum absolute atomic E-state index is 0.0637. The number of fused-ring (bicyclic) bond motifs is 1. The molecule has 1 unspecified atom stereocenters. The Kier molecular flexibility index (Phi) is 6.11. The number of nitrogens with two attached hydrogens (primary N) is 1. The van der Waals surface area contributed by atoms with Crippen LogP contribution in [0.5, 0.6) is 5.75 Å². The lowest BCUT2D eigenvalue weighted by Gasteiger charge is -2.42. The molecule has 9 heteroatoms. The van der Waals surface area contributed by atoms with Gasteiger partial charge in [-0.2, -0.15) is 0 Å². The Labute approximate surface area is 183 Å². The predicted octanol–water partition coefficient (Wildman–Crippen LogP) is 2.58. The van der Waals surface area contributed by atoms with E-state index in [4.69, 9.17) is 31.3 Å². The molecule has 2 heterocycles. The summed E-state index contributed by atoms with van der Waals surface area (Å²) in [5.41, 5.74) is 5.64. The molecule has 2 N–H and O–H groups in total. The maximum absolute atomic E-state index is 13.0. The maximum Gasteiger partial charge on any atom is 0.228 e. The van der Waals surface area contributed by atoms with Crippen molar-refractivity contribution in [2.45, 2.75) is 18.4 Å². The van der Waals surface area contributed by atoms with Crippen LogP contribution in [0, 0.1) is 0 Å². The number of hydrogen-bond donors (Lipinski definition) is 1. The van der Waals surface area contributed by atoms with E-state index in [0.717, 1.165) is 5.39 Å². The van der Waals surface area contributed by atoms with Gasteiger partial charge in [0.2, 0.25) is 11.8 Å². The van der Waals surface area contributed by atoms with Crippen LogP contribution in [-0.4, -0.2) is 53.8 Å². The minimum atomic E-state index is -1.04. The first-order chi connectivity index (χ1) is 14.9. The molecule has 4 rings (SSSR count). The average molecular weight is 444 g/mol. The number of primary amides is 1. The van der Waals surface area contributed by atoms with Gasteiger partial charge in [0.15, 0.2) is 5.58 Å². The van der Waals surface area contributed by atoms with Gasteiger partial charge in [0.05, 0.1) is 26.0 Å². The number of aromatic nitrogens is 1. The number of carbonyl (C=O) groups is 2. The van der Waals surface area contributed by atoms with Crippen LogP contribution < -0.4 is 10.5 Å². The molecule has 1 aliphatic heterocycles. The molecule has 1 aliphatic rings. The molecule has 2 aromatic carbocycles. The van der Waals surface area contributed by atoms with Crippen molar-refractivity contribution in [1.29, 1.82) is 0 Å². The highest BCUT2D eigenvalue weighted by Crippen LogP contribution is 2.26. The zero-order chi connectivity index (χ0) is 21.8. The molecular formula is C22H22ClN3O5. The van der Waals surface area contributed by atoms with Gasteiger partial charge in [-0.15, -0.1) is 0 Å². The molecule has 0 saturated carbocycles. The van der Waals surface area contributed by atoms with Crippen LogP contribution in [0.15, 0.2) is 53.1 Å². The summed E-state index contributed by atoms with van der Waals surface area (Å²) in [4.78, 5) is 26.4. The van der Waals surface area contributed by atoms with Crippen molar-refractivity contribution in [3.8, 4) is 5.75 Å². The van der Waals surface area contributed by atoms with Crippen LogP contribution >= 0.6 is 11.6 Å². The van der Waals surface area contributed by atoms with Gasteiger partial charge in [0.25, 0.3) is 0 Å². The normalized spacial score (nSPS) is 18.8. The summed E-state index contributed by atoms with van der Waals surface area (Å²) in [6.07, 6.45) is 0.0129. The summed E-state index contributed by atoms with van der Waals surface area (Å²) in [6.45, 7) is 0.908. The summed E-state index contributed by atoms with van der Waals surface area (Å²) in [5.74, 6) is -0.0893. The molecule has 1 fully saturated rings. The van der Waals surface area contributed by atoms with Crippen LogP contribution in [0.2, 0.25) is 5.02 Å². The molecule has 0 aliphatic carbocycles. The second kappa shape index (κ2) is 8.95. The Morgan fingerprint density at radius 3 is 2.74 bits per heavy atom. The minimum Gasteiger partial charge on any atom is -0.490 e. The standard InChI is InChI=1S/C22H22ClN3O5/c23-15-5-7-16(8-6-15)29-14-22(12-20(24)27)13-26(9-10-30-22)21(28)11-18-17-3-1-2-4-19(17)31-25-18/h1-8H,9-14H2,(H2,24,27). The zero-order valence-electron chi connectivity index (χ0n) is 16.8. The van der Waals surface area contributed by atoms with Crippen molar-refractivity contribution in [3.05, 3.63) is 59.2 Å². The summed E-state index contributed by atoms with van der Waals surface area (Å²) in [6, 6.07) is 14.2. The number of amides is 2. The van der Waals surface area contributed by atoms with E-state index in [1.54, 1.807) is 35.2 Å². The largest absolute Gasteiger partial charge is 0.490 e. The highest BCUT2D eigenvalue weighted by Gasteiger charge is 2.41. The van der Waals surface area contributed by atoms with E-state index in [1.807, 2.05) is 18.2 Å². The molecule has 1 aromatic heterocycles. The van der Waals surface area contributed by atoms with Gasteiger partial charge in [-0.3, -0.25) is 9.59 Å². The molecule has 3 aromatic rings. The number of carbonyl (C=O) groups excluding carboxylic acids is 2. The number of nitrogens with zero attached hydrogens (tertiary/aromatic N) is 2. The van der Waals surface area contributed by atoms with Crippen molar-refractivity contribution in [2.75, 3.05) is 26.3 Å². The first kappa shape index (κ1) is 21.1. The SMILES string of the molecule is NC(=O)CC1(COc2ccc(Cl)cc2)CN(C(=O)Cc2noc3ccccc23)CCO1. The lowest BCUT2D eigenvalue weighted by atomic mass is 9.97. The number of morpholine rings is 1. The number of hydrogen-bond acceptors (Lipinski definition) is 6. The van der Waals surface area contributed by atoms with Crippen LogP contribution in [0.1, 0.15) is 12.1 Å². The monoisotopic (exact) mass is 443 g/mol. The number of rotatable bonds is 7. The first-order valence-corrected chi connectivity index (χ1v) is 10.2. The lowest BCUT2D eigenvalue weighted by molar-refractivity contribution is -0.161. The van der Waals surface area contributed by atoms with Gasteiger partial charge in [0, 0.05) is 17.0 Å². The van der Waals surface area contributed by atoms with Gasteiger partial charge in [-0.05, 0) is 36.4 Å². The Hall–Kier alpha value is -3.10. The van der Waals surface area contributed by atoms with Crippen molar-refractivity contribution in [2.24, 2.45) is 5.73 Å². The molecule has 0 bridgehead atoms. The molecule has 1 saturated heterocycles. The Bertz CT molecular complexity index is 1080. The van der Waals surface area contributed by atoms with E-state index >= 15 is 0 Å². The summed E-state index contributed by atoms with van der Waals surface area (Å²) in [7, 11) is 0. The summed E-state index contributed by atoms with van der Waals surface area (Å²) < 4.78 is 17.1. The third-order valence-corrected chi connectivity index (χ3v) is 5.44. The highest BCUT2D eigenvalue weighted by molar-refractivity contribution is 6.30. The molecule has 8 nitrogen and oxygen atoms in total. The van der Waals surface area contributed by atoms with Gasteiger partial charge in [-0.1, -0.05) is 28.9 Å². The molecule has 0 radical (unpaired) electrons. The molecule has 0 spiro atoms. The van der Waals surface area contributed by atoms with Crippen molar-refractivity contribution in [1.82, 2.24) is 10.1 Å². The van der Waals surface area contributed by atoms with Crippen LogP contribution in [-0.2, 0) is 20.7 Å². The fourth-order valence-corrected chi connectivity index (χ4v) is 3.81. The molecule has 31 heavy (non-hydrogen) atoms. The summed E-state index contributed by atoms with van der Waals surface area (Å²) >= 11 is 5.91. The second-order valence-electron chi connectivity index (χ2n) is 7.53.